The van der Waals surface area contributed by atoms with Crippen LogP contribution in [0.1, 0.15) is 17.9 Å². The summed E-state index contributed by atoms with van der Waals surface area (Å²) in [5.41, 5.74) is 4.28. The summed E-state index contributed by atoms with van der Waals surface area (Å²) in [6.07, 6.45) is 2.56. The van der Waals surface area contributed by atoms with E-state index < -0.39 is 0 Å². The van der Waals surface area contributed by atoms with E-state index in [2.05, 4.69) is 25.4 Å². The number of aromatic amines is 1. The Balaban J connectivity index is 1.44. The van der Waals surface area contributed by atoms with Crippen LogP contribution in [0.3, 0.4) is 0 Å². The zero-order chi connectivity index (χ0) is 17.4. The van der Waals surface area contributed by atoms with Gasteiger partial charge in [-0.15, -0.1) is 0 Å². The number of nitrogens with zero attached hydrogens (tertiary/aromatic N) is 4. The van der Waals surface area contributed by atoms with Crippen molar-refractivity contribution in [2.45, 2.75) is 19.8 Å². The third kappa shape index (κ3) is 2.96. The summed E-state index contributed by atoms with van der Waals surface area (Å²) in [7, 11) is 1.86. The number of amides is 1. The number of fused-ring (bicyclic) bond motifs is 2. The number of hydrogen-bond acceptors (Lipinski definition) is 4. The molecule has 0 saturated heterocycles. The highest BCUT2D eigenvalue weighted by atomic mass is 16.1. The molecule has 0 aliphatic rings. The van der Waals surface area contributed by atoms with Crippen LogP contribution in [0.5, 0.6) is 0 Å². The largest absolute Gasteiger partial charge is 0.342 e. The van der Waals surface area contributed by atoms with E-state index >= 15 is 0 Å². The monoisotopic (exact) mass is 334 g/mol. The average Bonchev–Trinajstić information content (AvgIpc) is 3.14. The molecule has 0 atom stereocenters. The van der Waals surface area contributed by atoms with Crippen molar-refractivity contribution in [1.29, 1.82) is 0 Å². The number of para-hydroxylation sites is 2. The summed E-state index contributed by atoms with van der Waals surface area (Å²) in [5, 5.41) is 8.17. The van der Waals surface area contributed by atoms with Gasteiger partial charge in [-0.05, 0) is 25.1 Å². The van der Waals surface area contributed by atoms with Gasteiger partial charge in [-0.1, -0.05) is 12.1 Å². The van der Waals surface area contributed by atoms with E-state index in [1.807, 2.05) is 44.3 Å². The van der Waals surface area contributed by atoms with Gasteiger partial charge in [0.15, 0.2) is 5.65 Å². The van der Waals surface area contributed by atoms with Gasteiger partial charge in [-0.3, -0.25) is 9.48 Å². The molecule has 1 aromatic carbocycles. The first kappa shape index (κ1) is 15.3. The van der Waals surface area contributed by atoms with Gasteiger partial charge < -0.3 is 10.3 Å². The number of H-pyrrole nitrogens is 1. The predicted octanol–water partition coefficient (Wildman–Crippen LogP) is 2.72. The fourth-order valence-corrected chi connectivity index (χ4v) is 2.96. The van der Waals surface area contributed by atoms with Crippen molar-refractivity contribution in [3.63, 3.8) is 0 Å². The topological polar surface area (TPSA) is 88.5 Å². The van der Waals surface area contributed by atoms with Crippen molar-refractivity contribution in [3.8, 4) is 0 Å². The standard InChI is InChI=1S/C18H18N6O/c1-11-13-9-12(10-19-18(13)24(2)23-11)20-17(25)8-7-16-21-14-5-3-4-6-15(14)22-16/h3-6,9-10H,7-8H2,1-2H3,(H,20,25)(H,21,22). The molecule has 0 aliphatic heterocycles. The minimum Gasteiger partial charge on any atom is -0.342 e. The maximum atomic E-state index is 12.2. The second kappa shape index (κ2) is 6.01. The number of carbonyl (C=O) groups is 1. The third-order valence-electron chi connectivity index (χ3n) is 4.17. The Kier molecular flexibility index (Phi) is 3.68. The molecule has 126 valence electrons. The lowest BCUT2D eigenvalue weighted by Crippen LogP contribution is -2.13. The van der Waals surface area contributed by atoms with Crippen molar-refractivity contribution < 1.29 is 4.79 Å². The lowest BCUT2D eigenvalue weighted by atomic mass is 10.2. The van der Waals surface area contributed by atoms with Gasteiger partial charge in [0.2, 0.25) is 5.91 Å². The molecular formula is C18H18N6O. The number of benzene rings is 1. The Labute approximate surface area is 144 Å². The number of carbonyl (C=O) groups excluding carboxylic acids is 1. The highest BCUT2D eigenvalue weighted by Gasteiger charge is 2.10. The van der Waals surface area contributed by atoms with Crippen LogP contribution in [0.2, 0.25) is 0 Å². The molecule has 0 aliphatic carbocycles. The van der Waals surface area contributed by atoms with Crippen molar-refractivity contribution in [1.82, 2.24) is 24.7 Å². The van der Waals surface area contributed by atoms with Crippen LogP contribution in [-0.4, -0.2) is 30.6 Å². The molecule has 0 fully saturated rings. The third-order valence-corrected chi connectivity index (χ3v) is 4.17. The summed E-state index contributed by atoms with van der Waals surface area (Å²) in [6.45, 7) is 1.93. The number of aromatic nitrogens is 5. The number of imidazole rings is 1. The molecule has 2 N–H and O–H groups in total. The van der Waals surface area contributed by atoms with Crippen LogP contribution < -0.4 is 5.32 Å². The molecule has 1 amide bonds. The highest BCUT2D eigenvalue weighted by Crippen LogP contribution is 2.19. The molecule has 0 saturated carbocycles. The van der Waals surface area contributed by atoms with Gasteiger partial charge in [0, 0.05) is 25.3 Å². The van der Waals surface area contributed by atoms with Gasteiger partial charge in [0.1, 0.15) is 5.82 Å². The van der Waals surface area contributed by atoms with Gasteiger partial charge >= 0.3 is 0 Å². The van der Waals surface area contributed by atoms with Gasteiger partial charge in [0.25, 0.3) is 0 Å². The summed E-state index contributed by atoms with van der Waals surface area (Å²) >= 11 is 0. The molecule has 7 nitrogen and oxygen atoms in total. The van der Waals surface area contributed by atoms with E-state index in [1.165, 1.54) is 0 Å². The zero-order valence-electron chi connectivity index (χ0n) is 14.1. The second-order valence-corrected chi connectivity index (χ2v) is 6.05. The van der Waals surface area contributed by atoms with E-state index in [1.54, 1.807) is 10.9 Å². The fourth-order valence-electron chi connectivity index (χ4n) is 2.96. The van der Waals surface area contributed by atoms with Gasteiger partial charge in [0.05, 0.1) is 28.6 Å². The minimum absolute atomic E-state index is 0.0665. The Morgan fingerprint density at radius 2 is 2.16 bits per heavy atom. The molecule has 4 aromatic rings. The van der Waals surface area contributed by atoms with Gasteiger partial charge in [-0.2, -0.15) is 5.10 Å². The van der Waals surface area contributed by atoms with Crippen LogP contribution in [0.4, 0.5) is 5.69 Å². The van der Waals surface area contributed by atoms with Crippen LogP contribution in [0, 0.1) is 6.92 Å². The van der Waals surface area contributed by atoms with E-state index in [-0.39, 0.29) is 5.91 Å². The SMILES string of the molecule is Cc1nn(C)c2ncc(NC(=O)CCc3nc4ccccc4[nH]3)cc12. The van der Waals surface area contributed by atoms with Crippen molar-refractivity contribution in [3.05, 3.63) is 48.0 Å². The van der Waals surface area contributed by atoms with Gasteiger partial charge in [-0.25, -0.2) is 9.97 Å². The molecule has 0 bridgehead atoms. The number of hydrogen-bond donors (Lipinski definition) is 2. The fraction of sp³-hybridized carbons (Fsp3) is 0.222. The highest BCUT2D eigenvalue weighted by molar-refractivity contribution is 5.93. The first-order valence-electron chi connectivity index (χ1n) is 8.13. The minimum atomic E-state index is -0.0665. The summed E-state index contributed by atoms with van der Waals surface area (Å²) in [4.78, 5) is 24.3. The van der Waals surface area contributed by atoms with Crippen molar-refractivity contribution in [2.24, 2.45) is 7.05 Å². The molecular weight excluding hydrogens is 316 g/mol. The van der Waals surface area contributed by atoms with E-state index in [4.69, 9.17) is 0 Å². The van der Waals surface area contributed by atoms with Crippen molar-refractivity contribution >= 4 is 33.7 Å². The van der Waals surface area contributed by atoms with Crippen LogP contribution in [0.15, 0.2) is 36.5 Å². The Morgan fingerprint density at radius 3 is 3.00 bits per heavy atom. The number of aryl methyl sites for hydroxylation is 3. The molecule has 0 unspecified atom stereocenters. The summed E-state index contributed by atoms with van der Waals surface area (Å²) in [6, 6.07) is 9.74. The predicted molar refractivity (Wildman–Crippen MR) is 96.3 cm³/mol. The Bertz CT molecular complexity index is 1040. The lowest BCUT2D eigenvalue weighted by Gasteiger charge is -2.04. The molecule has 0 spiro atoms. The molecule has 3 aromatic heterocycles. The van der Waals surface area contributed by atoms with E-state index in [0.717, 1.165) is 33.6 Å². The molecule has 3 heterocycles. The van der Waals surface area contributed by atoms with Crippen LogP contribution in [0.25, 0.3) is 22.1 Å². The quantitative estimate of drug-likeness (QED) is 0.600. The number of nitrogens with one attached hydrogen (secondary N) is 2. The molecule has 0 radical (unpaired) electrons. The van der Waals surface area contributed by atoms with Crippen molar-refractivity contribution in [2.75, 3.05) is 5.32 Å². The molecule has 25 heavy (non-hydrogen) atoms. The lowest BCUT2D eigenvalue weighted by molar-refractivity contribution is -0.116. The number of anilines is 1. The first-order valence-corrected chi connectivity index (χ1v) is 8.13. The summed E-state index contributed by atoms with van der Waals surface area (Å²) < 4.78 is 1.73. The summed E-state index contributed by atoms with van der Waals surface area (Å²) in [5.74, 6) is 0.746. The van der Waals surface area contributed by atoms with E-state index in [9.17, 15) is 4.79 Å². The normalized spacial score (nSPS) is 11.3. The number of rotatable bonds is 4. The zero-order valence-corrected chi connectivity index (χ0v) is 14.1. The first-order chi connectivity index (χ1) is 12.1. The average molecular weight is 334 g/mol. The smallest absolute Gasteiger partial charge is 0.224 e. The van der Waals surface area contributed by atoms with Crippen LogP contribution >= 0.6 is 0 Å². The van der Waals surface area contributed by atoms with Crippen LogP contribution in [-0.2, 0) is 18.3 Å². The maximum Gasteiger partial charge on any atom is 0.224 e. The second-order valence-electron chi connectivity index (χ2n) is 6.05. The number of pyridine rings is 1. The molecule has 7 heteroatoms. The maximum absolute atomic E-state index is 12.2. The molecule has 4 rings (SSSR count). The van der Waals surface area contributed by atoms with E-state index in [0.29, 0.717) is 18.5 Å². The Hall–Kier alpha value is -3.22. The Morgan fingerprint density at radius 1 is 1.32 bits per heavy atom.